The molecule has 136 valence electrons. The molecule has 2 N–H and O–H groups in total. The first-order valence-electron chi connectivity index (χ1n) is 8.16. The summed E-state index contributed by atoms with van der Waals surface area (Å²) >= 11 is 0. The maximum atomic E-state index is 12.3. The third-order valence-corrected chi connectivity index (χ3v) is 3.31. The van der Waals surface area contributed by atoms with Gasteiger partial charge < -0.3 is 15.2 Å². The molecule has 0 saturated carbocycles. The number of carbonyl (C=O) groups excluding carboxylic acids is 1. The second-order valence-electron chi connectivity index (χ2n) is 6.81. The Bertz CT molecular complexity index is 778. The first kappa shape index (κ1) is 19.2. The van der Waals surface area contributed by atoms with Gasteiger partial charge in [0.1, 0.15) is 11.8 Å². The van der Waals surface area contributed by atoms with E-state index in [0.717, 1.165) is 0 Å². The molecule has 0 fully saturated rings. The summed E-state index contributed by atoms with van der Waals surface area (Å²) in [5.74, 6) is -0.670. The summed E-state index contributed by atoms with van der Waals surface area (Å²) in [5, 5.41) is 11.7. The molecule has 1 heterocycles. The zero-order valence-corrected chi connectivity index (χ0v) is 15.0. The van der Waals surface area contributed by atoms with E-state index in [-0.39, 0.29) is 11.0 Å². The van der Waals surface area contributed by atoms with Crippen LogP contribution in [0.15, 0.2) is 60.8 Å². The number of aromatic nitrogens is 1. The van der Waals surface area contributed by atoms with Crippen molar-refractivity contribution in [2.24, 2.45) is 5.41 Å². The Kier molecular flexibility index (Phi) is 6.11. The van der Waals surface area contributed by atoms with Crippen molar-refractivity contribution < 1.29 is 19.4 Å². The van der Waals surface area contributed by atoms with Gasteiger partial charge in [-0.1, -0.05) is 51.1 Å². The minimum Gasteiger partial charge on any atom is -0.479 e. The second-order valence-corrected chi connectivity index (χ2v) is 6.81. The Balaban J connectivity index is 2.04. The van der Waals surface area contributed by atoms with Crippen molar-refractivity contribution in [3.8, 4) is 11.6 Å². The molecular formula is C20H22N2O4. The largest absolute Gasteiger partial charge is 0.479 e. The van der Waals surface area contributed by atoms with Gasteiger partial charge in [-0.25, -0.2) is 9.78 Å². The fourth-order valence-corrected chi connectivity index (χ4v) is 1.99. The van der Waals surface area contributed by atoms with E-state index in [4.69, 9.17) is 4.74 Å². The summed E-state index contributed by atoms with van der Waals surface area (Å²) in [4.78, 5) is 27.7. The van der Waals surface area contributed by atoms with Gasteiger partial charge in [-0.3, -0.25) is 4.79 Å². The van der Waals surface area contributed by atoms with E-state index < -0.39 is 17.9 Å². The molecule has 1 amide bonds. The first-order valence-corrected chi connectivity index (χ1v) is 8.16. The van der Waals surface area contributed by atoms with Crippen LogP contribution in [-0.4, -0.2) is 28.0 Å². The van der Waals surface area contributed by atoms with Gasteiger partial charge in [-0.2, -0.15) is 0 Å². The lowest BCUT2D eigenvalue weighted by atomic mass is 9.95. The Morgan fingerprint density at radius 1 is 1.15 bits per heavy atom. The average molecular weight is 354 g/mol. The molecule has 6 nitrogen and oxygen atoms in total. The number of amides is 1. The van der Waals surface area contributed by atoms with Crippen LogP contribution in [0.5, 0.6) is 11.6 Å². The molecule has 1 aromatic carbocycles. The Morgan fingerprint density at radius 2 is 1.85 bits per heavy atom. The molecule has 2 rings (SSSR count). The summed E-state index contributed by atoms with van der Waals surface area (Å²) in [7, 11) is 0. The molecule has 26 heavy (non-hydrogen) atoms. The van der Waals surface area contributed by atoms with E-state index in [9.17, 15) is 14.7 Å². The summed E-state index contributed by atoms with van der Waals surface area (Å²) in [6, 6.07) is 11.1. The molecule has 1 atom stereocenters. The lowest BCUT2D eigenvalue weighted by molar-refractivity contribution is -0.137. The van der Waals surface area contributed by atoms with Gasteiger partial charge in [0.25, 0.3) is 5.91 Å². The zero-order chi connectivity index (χ0) is 19.2. The summed E-state index contributed by atoms with van der Waals surface area (Å²) in [6.07, 6.45) is 4.57. The number of carboxylic acids is 1. The number of pyridine rings is 1. The molecule has 1 unspecified atom stereocenters. The topological polar surface area (TPSA) is 88.5 Å². The highest BCUT2D eigenvalue weighted by atomic mass is 16.5. The molecular weight excluding hydrogens is 332 g/mol. The number of hydrogen-bond donors (Lipinski definition) is 2. The Hall–Kier alpha value is -3.15. The number of rotatable bonds is 6. The van der Waals surface area contributed by atoms with Gasteiger partial charge in [-0.05, 0) is 23.6 Å². The number of para-hydroxylation sites is 1. The van der Waals surface area contributed by atoms with Crippen LogP contribution >= 0.6 is 0 Å². The van der Waals surface area contributed by atoms with Gasteiger partial charge in [0.05, 0.1) is 5.56 Å². The van der Waals surface area contributed by atoms with Crippen LogP contribution in [0.25, 0.3) is 0 Å². The van der Waals surface area contributed by atoms with Crippen molar-refractivity contribution in [3.05, 3.63) is 66.4 Å². The molecule has 0 aliphatic heterocycles. The van der Waals surface area contributed by atoms with Crippen molar-refractivity contribution in [2.75, 3.05) is 0 Å². The molecule has 6 heteroatoms. The predicted octanol–water partition coefficient (Wildman–Crippen LogP) is 3.66. The van der Waals surface area contributed by atoms with Gasteiger partial charge >= 0.3 is 5.97 Å². The minimum atomic E-state index is -1.13. The highest BCUT2D eigenvalue weighted by Crippen LogP contribution is 2.18. The van der Waals surface area contributed by atoms with Crippen molar-refractivity contribution >= 4 is 11.9 Å². The van der Waals surface area contributed by atoms with E-state index in [1.165, 1.54) is 18.3 Å². The van der Waals surface area contributed by atoms with E-state index in [1.807, 2.05) is 39.0 Å². The monoisotopic (exact) mass is 354 g/mol. The third kappa shape index (κ3) is 6.05. The number of hydrogen-bond acceptors (Lipinski definition) is 4. The molecule has 2 aromatic rings. The van der Waals surface area contributed by atoms with Crippen LogP contribution in [0, 0.1) is 5.41 Å². The lowest BCUT2D eigenvalue weighted by Crippen LogP contribution is -2.39. The fourth-order valence-electron chi connectivity index (χ4n) is 1.99. The number of ether oxygens (including phenoxy) is 1. The van der Waals surface area contributed by atoms with E-state index in [2.05, 4.69) is 10.3 Å². The number of carboxylic acid groups (broad SMARTS) is 1. The van der Waals surface area contributed by atoms with Gasteiger partial charge in [0, 0.05) is 12.3 Å². The summed E-state index contributed by atoms with van der Waals surface area (Å²) in [5.41, 5.74) is 0.0666. The number of allylic oxidation sites excluding steroid dienone is 1. The minimum absolute atomic E-state index is 0.184. The van der Waals surface area contributed by atoms with Gasteiger partial charge in [-0.15, -0.1) is 0 Å². The smallest absolute Gasteiger partial charge is 0.330 e. The number of aliphatic carboxylic acids is 1. The third-order valence-electron chi connectivity index (χ3n) is 3.31. The lowest BCUT2D eigenvalue weighted by Gasteiger charge is -2.15. The molecule has 0 aliphatic carbocycles. The molecule has 0 bridgehead atoms. The van der Waals surface area contributed by atoms with Crippen molar-refractivity contribution in [1.82, 2.24) is 10.3 Å². The van der Waals surface area contributed by atoms with Gasteiger partial charge in [0.15, 0.2) is 0 Å². The van der Waals surface area contributed by atoms with Gasteiger partial charge in [0.2, 0.25) is 5.88 Å². The average Bonchev–Trinajstić information content (AvgIpc) is 2.59. The Labute approximate surface area is 152 Å². The second kappa shape index (κ2) is 8.29. The molecule has 0 aliphatic rings. The van der Waals surface area contributed by atoms with E-state index in [0.29, 0.717) is 11.6 Å². The van der Waals surface area contributed by atoms with E-state index in [1.54, 1.807) is 24.3 Å². The highest BCUT2D eigenvalue weighted by molar-refractivity contribution is 5.96. The number of benzene rings is 1. The molecule has 0 saturated heterocycles. The SMILES string of the molecule is CC(C)(C)/C=C/C(NC(=O)c1ccc(Oc2ccccc2)nc1)C(=O)O. The number of carbonyl (C=O) groups is 2. The fraction of sp³-hybridized carbons (Fsp3) is 0.250. The van der Waals surface area contributed by atoms with Crippen LogP contribution in [-0.2, 0) is 4.79 Å². The molecule has 0 spiro atoms. The quantitative estimate of drug-likeness (QED) is 0.773. The normalized spacial score (nSPS) is 12.6. The maximum absolute atomic E-state index is 12.3. The zero-order valence-electron chi connectivity index (χ0n) is 15.0. The van der Waals surface area contributed by atoms with Crippen LogP contribution in [0.4, 0.5) is 0 Å². The van der Waals surface area contributed by atoms with Crippen molar-refractivity contribution in [1.29, 1.82) is 0 Å². The summed E-state index contributed by atoms with van der Waals surface area (Å²) in [6.45, 7) is 5.83. The van der Waals surface area contributed by atoms with Crippen LogP contribution < -0.4 is 10.1 Å². The first-order chi connectivity index (χ1) is 12.2. The Morgan fingerprint density at radius 3 is 2.38 bits per heavy atom. The molecule has 0 radical (unpaired) electrons. The van der Waals surface area contributed by atoms with E-state index >= 15 is 0 Å². The maximum Gasteiger partial charge on any atom is 0.330 e. The van der Waals surface area contributed by atoms with Crippen LogP contribution in [0.2, 0.25) is 0 Å². The van der Waals surface area contributed by atoms with Crippen LogP contribution in [0.1, 0.15) is 31.1 Å². The standard InChI is InChI=1S/C20H22N2O4/c1-20(2,3)12-11-16(19(24)25)22-18(23)14-9-10-17(21-13-14)26-15-7-5-4-6-8-15/h4-13,16H,1-3H3,(H,22,23)(H,24,25)/b12-11+. The molecule has 1 aromatic heterocycles. The van der Waals surface area contributed by atoms with Crippen molar-refractivity contribution in [3.63, 3.8) is 0 Å². The number of nitrogens with zero attached hydrogens (tertiary/aromatic N) is 1. The summed E-state index contributed by atoms with van der Waals surface area (Å²) < 4.78 is 5.56. The van der Waals surface area contributed by atoms with Crippen LogP contribution in [0.3, 0.4) is 0 Å². The highest BCUT2D eigenvalue weighted by Gasteiger charge is 2.19. The van der Waals surface area contributed by atoms with Crippen molar-refractivity contribution in [2.45, 2.75) is 26.8 Å². The predicted molar refractivity (Wildman–Crippen MR) is 98.2 cm³/mol. The number of nitrogens with one attached hydrogen (secondary N) is 1.